The Hall–Kier alpha value is -2.77. The predicted molar refractivity (Wildman–Crippen MR) is 107 cm³/mol. The SMILES string of the molecule is Cc1ccc(S(=O)(=O)Nc2ccc(-c3nc4ccc(F)cc4s3)cc2)cc1. The maximum atomic E-state index is 13.3. The number of aromatic nitrogens is 1. The summed E-state index contributed by atoms with van der Waals surface area (Å²) in [5.41, 5.74) is 3.04. The molecule has 1 aromatic heterocycles. The number of nitrogens with zero attached hydrogens (tertiary/aromatic N) is 1. The number of fused-ring (bicyclic) bond motifs is 1. The highest BCUT2D eigenvalue weighted by molar-refractivity contribution is 7.92. The Kier molecular flexibility index (Phi) is 4.41. The van der Waals surface area contributed by atoms with Crippen molar-refractivity contribution in [2.24, 2.45) is 0 Å². The molecule has 0 spiro atoms. The summed E-state index contributed by atoms with van der Waals surface area (Å²) < 4.78 is 41.6. The lowest BCUT2D eigenvalue weighted by Gasteiger charge is -2.08. The van der Waals surface area contributed by atoms with E-state index in [2.05, 4.69) is 9.71 Å². The summed E-state index contributed by atoms with van der Waals surface area (Å²) in [5, 5.41) is 0.753. The van der Waals surface area contributed by atoms with E-state index in [0.29, 0.717) is 5.69 Å². The van der Waals surface area contributed by atoms with E-state index in [1.807, 2.05) is 6.92 Å². The van der Waals surface area contributed by atoms with Gasteiger partial charge in [0.1, 0.15) is 10.8 Å². The second kappa shape index (κ2) is 6.75. The molecular weight excluding hydrogens is 383 g/mol. The first-order chi connectivity index (χ1) is 12.9. The summed E-state index contributed by atoms with van der Waals surface area (Å²) in [6.45, 7) is 1.90. The molecule has 136 valence electrons. The van der Waals surface area contributed by atoms with E-state index >= 15 is 0 Å². The fraction of sp³-hybridized carbons (Fsp3) is 0.0500. The zero-order valence-electron chi connectivity index (χ0n) is 14.3. The predicted octanol–water partition coefficient (Wildman–Crippen LogP) is 5.21. The molecule has 27 heavy (non-hydrogen) atoms. The number of hydrogen-bond donors (Lipinski definition) is 1. The molecule has 4 nitrogen and oxygen atoms in total. The molecule has 0 atom stereocenters. The topological polar surface area (TPSA) is 59.1 Å². The van der Waals surface area contributed by atoms with Gasteiger partial charge in [0, 0.05) is 11.3 Å². The van der Waals surface area contributed by atoms with Crippen LogP contribution in [0.3, 0.4) is 0 Å². The van der Waals surface area contributed by atoms with E-state index in [9.17, 15) is 12.8 Å². The molecule has 7 heteroatoms. The lowest BCUT2D eigenvalue weighted by molar-refractivity contribution is 0.601. The van der Waals surface area contributed by atoms with E-state index in [0.717, 1.165) is 26.4 Å². The van der Waals surface area contributed by atoms with Crippen LogP contribution >= 0.6 is 11.3 Å². The zero-order valence-corrected chi connectivity index (χ0v) is 15.9. The molecule has 0 amide bonds. The summed E-state index contributed by atoms with van der Waals surface area (Å²) in [7, 11) is -3.64. The Labute approximate surface area is 160 Å². The van der Waals surface area contributed by atoms with Crippen LogP contribution in [0.25, 0.3) is 20.8 Å². The van der Waals surface area contributed by atoms with Gasteiger partial charge in [0.15, 0.2) is 0 Å². The number of aryl methyl sites for hydroxylation is 1. The summed E-state index contributed by atoms with van der Waals surface area (Å²) in [6, 6.07) is 18.1. The Morgan fingerprint density at radius 1 is 0.963 bits per heavy atom. The van der Waals surface area contributed by atoms with Gasteiger partial charge in [-0.1, -0.05) is 17.7 Å². The minimum absolute atomic E-state index is 0.213. The molecule has 3 aromatic carbocycles. The molecule has 0 aliphatic carbocycles. The van der Waals surface area contributed by atoms with E-state index in [1.54, 1.807) is 54.6 Å². The highest BCUT2D eigenvalue weighted by atomic mass is 32.2. The van der Waals surface area contributed by atoms with Gasteiger partial charge in [0.25, 0.3) is 10.0 Å². The highest BCUT2D eigenvalue weighted by Crippen LogP contribution is 2.31. The molecule has 0 bridgehead atoms. The van der Waals surface area contributed by atoms with Crippen molar-refractivity contribution in [1.29, 1.82) is 0 Å². The number of benzene rings is 3. The van der Waals surface area contributed by atoms with Crippen molar-refractivity contribution in [1.82, 2.24) is 4.98 Å². The van der Waals surface area contributed by atoms with Gasteiger partial charge in [-0.15, -0.1) is 11.3 Å². The molecule has 0 unspecified atom stereocenters. The van der Waals surface area contributed by atoms with Gasteiger partial charge in [0.05, 0.1) is 15.1 Å². The third kappa shape index (κ3) is 3.70. The summed E-state index contributed by atoms with van der Waals surface area (Å²) in [6.07, 6.45) is 0. The van der Waals surface area contributed by atoms with Gasteiger partial charge in [0.2, 0.25) is 0 Å². The van der Waals surface area contributed by atoms with Crippen LogP contribution in [-0.2, 0) is 10.0 Å². The van der Waals surface area contributed by atoms with Gasteiger partial charge in [-0.3, -0.25) is 4.72 Å². The summed E-state index contributed by atoms with van der Waals surface area (Å²) in [4.78, 5) is 4.71. The van der Waals surface area contributed by atoms with Crippen molar-refractivity contribution >= 4 is 37.3 Å². The monoisotopic (exact) mass is 398 g/mol. The molecule has 0 saturated carbocycles. The Bertz CT molecular complexity index is 1220. The molecule has 0 saturated heterocycles. The number of rotatable bonds is 4. The van der Waals surface area contributed by atoms with E-state index in [-0.39, 0.29) is 10.7 Å². The zero-order chi connectivity index (χ0) is 19.0. The van der Waals surface area contributed by atoms with Crippen LogP contribution in [0.15, 0.2) is 71.6 Å². The second-order valence-electron chi connectivity index (χ2n) is 6.13. The van der Waals surface area contributed by atoms with Crippen LogP contribution in [-0.4, -0.2) is 13.4 Å². The number of nitrogens with one attached hydrogen (secondary N) is 1. The van der Waals surface area contributed by atoms with Crippen LogP contribution in [0.5, 0.6) is 0 Å². The maximum Gasteiger partial charge on any atom is 0.261 e. The van der Waals surface area contributed by atoms with Crippen molar-refractivity contribution in [2.75, 3.05) is 4.72 Å². The van der Waals surface area contributed by atoms with Gasteiger partial charge in [-0.25, -0.2) is 17.8 Å². The Morgan fingerprint density at radius 3 is 2.37 bits per heavy atom. The van der Waals surface area contributed by atoms with Crippen LogP contribution < -0.4 is 4.72 Å². The van der Waals surface area contributed by atoms with Crippen molar-refractivity contribution < 1.29 is 12.8 Å². The normalized spacial score (nSPS) is 11.6. The lowest BCUT2D eigenvalue weighted by Crippen LogP contribution is -2.12. The molecule has 0 aliphatic heterocycles. The van der Waals surface area contributed by atoms with Crippen molar-refractivity contribution in [3.05, 3.63) is 78.1 Å². The average Bonchev–Trinajstić information content (AvgIpc) is 3.05. The Morgan fingerprint density at radius 2 is 1.67 bits per heavy atom. The number of thiazole rings is 1. The van der Waals surface area contributed by atoms with Crippen LogP contribution in [0, 0.1) is 12.7 Å². The molecule has 0 fully saturated rings. The van der Waals surface area contributed by atoms with Gasteiger partial charge in [-0.05, 0) is 61.5 Å². The molecular formula is C20H15FN2O2S2. The lowest BCUT2D eigenvalue weighted by atomic mass is 10.2. The van der Waals surface area contributed by atoms with E-state index in [4.69, 9.17) is 0 Å². The smallest absolute Gasteiger partial charge is 0.261 e. The number of sulfonamides is 1. The molecule has 1 N–H and O–H groups in total. The second-order valence-corrected chi connectivity index (χ2v) is 8.84. The Balaban J connectivity index is 1.58. The largest absolute Gasteiger partial charge is 0.280 e. The maximum absolute atomic E-state index is 13.3. The van der Waals surface area contributed by atoms with Gasteiger partial charge >= 0.3 is 0 Å². The molecule has 4 rings (SSSR count). The van der Waals surface area contributed by atoms with Crippen LogP contribution in [0.1, 0.15) is 5.56 Å². The van der Waals surface area contributed by atoms with Crippen molar-refractivity contribution in [2.45, 2.75) is 11.8 Å². The first-order valence-electron chi connectivity index (χ1n) is 8.17. The molecule has 0 radical (unpaired) electrons. The molecule has 1 heterocycles. The third-order valence-corrected chi connectivity index (χ3v) is 6.53. The average molecular weight is 398 g/mol. The van der Waals surface area contributed by atoms with Gasteiger partial charge in [-0.2, -0.15) is 0 Å². The van der Waals surface area contributed by atoms with Crippen LogP contribution in [0.4, 0.5) is 10.1 Å². The first-order valence-corrected chi connectivity index (χ1v) is 10.5. The first kappa shape index (κ1) is 17.6. The number of hydrogen-bond acceptors (Lipinski definition) is 4. The van der Waals surface area contributed by atoms with E-state index < -0.39 is 10.0 Å². The molecule has 4 aromatic rings. The fourth-order valence-corrected chi connectivity index (χ4v) is 4.69. The van der Waals surface area contributed by atoms with Crippen molar-refractivity contribution in [3.63, 3.8) is 0 Å². The van der Waals surface area contributed by atoms with E-state index in [1.165, 1.54) is 23.5 Å². The fourth-order valence-electron chi connectivity index (χ4n) is 2.63. The summed E-state index contributed by atoms with van der Waals surface area (Å²) >= 11 is 1.39. The molecule has 0 aliphatic rings. The number of halogens is 1. The quantitative estimate of drug-likeness (QED) is 0.513. The minimum Gasteiger partial charge on any atom is -0.280 e. The van der Waals surface area contributed by atoms with Crippen molar-refractivity contribution in [3.8, 4) is 10.6 Å². The highest BCUT2D eigenvalue weighted by Gasteiger charge is 2.14. The van der Waals surface area contributed by atoms with Gasteiger partial charge < -0.3 is 0 Å². The third-order valence-electron chi connectivity index (χ3n) is 4.07. The van der Waals surface area contributed by atoms with Crippen LogP contribution in [0.2, 0.25) is 0 Å². The minimum atomic E-state index is -3.64. The standard InChI is InChI=1S/C20H15FN2O2S2/c1-13-2-9-17(10-3-13)27(24,25)23-16-7-4-14(5-8-16)20-22-18-11-6-15(21)12-19(18)26-20/h2-12,23H,1H3. The number of anilines is 1. The summed E-state index contributed by atoms with van der Waals surface area (Å²) in [5.74, 6) is -0.293.